The van der Waals surface area contributed by atoms with Gasteiger partial charge < -0.3 is 9.47 Å². The average Bonchev–Trinajstić information content (AvgIpc) is 3.23. The number of nitrogens with zero attached hydrogens (tertiary/aromatic N) is 4. The van der Waals surface area contributed by atoms with E-state index in [2.05, 4.69) is 40.7 Å². The summed E-state index contributed by atoms with van der Waals surface area (Å²) in [6.07, 6.45) is 4.26. The second-order valence-corrected chi connectivity index (χ2v) is 7.63. The second-order valence-electron chi connectivity index (χ2n) is 7.63. The van der Waals surface area contributed by atoms with Crippen molar-refractivity contribution in [2.45, 2.75) is 19.9 Å². The standard InChI is InChI=1S/C24H22N4O/c1-16-6-7-21-20(14-16)26-22(27(21)2)10-13-28-15-18-4-3-5-19(23(18)24(28)29)17-8-11-25-12-9-17/h3-9,11-12,14H,10,13,15H2,1-2H3. The molecule has 1 aliphatic heterocycles. The molecule has 1 aliphatic rings. The third-order valence-corrected chi connectivity index (χ3v) is 5.74. The van der Waals surface area contributed by atoms with Gasteiger partial charge in [-0.2, -0.15) is 0 Å². The minimum Gasteiger partial charge on any atom is -0.334 e. The Morgan fingerprint density at radius 1 is 1.07 bits per heavy atom. The van der Waals surface area contributed by atoms with Gasteiger partial charge in [-0.3, -0.25) is 9.78 Å². The van der Waals surface area contributed by atoms with Gasteiger partial charge >= 0.3 is 0 Å². The van der Waals surface area contributed by atoms with Crippen LogP contribution in [0.15, 0.2) is 60.9 Å². The lowest BCUT2D eigenvalue weighted by Gasteiger charge is -2.15. The normalized spacial score (nSPS) is 13.3. The maximum absolute atomic E-state index is 13.2. The molecule has 0 fully saturated rings. The number of carbonyl (C=O) groups excluding carboxylic acids is 1. The highest BCUT2D eigenvalue weighted by Crippen LogP contribution is 2.32. The summed E-state index contributed by atoms with van der Waals surface area (Å²) in [4.78, 5) is 24.0. The summed E-state index contributed by atoms with van der Waals surface area (Å²) >= 11 is 0. The number of amides is 1. The van der Waals surface area contributed by atoms with Crippen LogP contribution in [0.3, 0.4) is 0 Å². The number of pyridine rings is 1. The first-order chi connectivity index (χ1) is 14.1. The zero-order chi connectivity index (χ0) is 20.0. The smallest absolute Gasteiger partial charge is 0.255 e. The van der Waals surface area contributed by atoms with Crippen molar-refractivity contribution >= 4 is 16.9 Å². The number of imidazole rings is 1. The topological polar surface area (TPSA) is 51.0 Å². The fraction of sp³-hybridized carbons (Fsp3) is 0.208. The molecule has 0 N–H and O–H groups in total. The van der Waals surface area contributed by atoms with Gasteiger partial charge in [0.25, 0.3) is 5.91 Å². The van der Waals surface area contributed by atoms with E-state index in [1.807, 2.05) is 36.2 Å². The Balaban J connectivity index is 1.40. The molecule has 144 valence electrons. The van der Waals surface area contributed by atoms with Gasteiger partial charge in [0.2, 0.25) is 0 Å². The second kappa shape index (κ2) is 6.85. The summed E-state index contributed by atoms with van der Waals surface area (Å²) < 4.78 is 2.13. The molecule has 5 nitrogen and oxygen atoms in total. The summed E-state index contributed by atoms with van der Waals surface area (Å²) in [5.41, 5.74) is 7.26. The highest BCUT2D eigenvalue weighted by atomic mass is 16.2. The third-order valence-electron chi connectivity index (χ3n) is 5.74. The van der Waals surface area contributed by atoms with Crippen LogP contribution >= 0.6 is 0 Å². The minimum atomic E-state index is 0.0991. The van der Waals surface area contributed by atoms with Crippen LogP contribution in [0, 0.1) is 6.92 Å². The van der Waals surface area contributed by atoms with E-state index < -0.39 is 0 Å². The maximum Gasteiger partial charge on any atom is 0.255 e. The Morgan fingerprint density at radius 3 is 2.72 bits per heavy atom. The van der Waals surface area contributed by atoms with Crippen LogP contribution < -0.4 is 0 Å². The first kappa shape index (κ1) is 17.6. The van der Waals surface area contributed by atoms with E-state index in [0.717, 1.165) is 45.5 Å². The van der Waals surface area contributed by atoms with Crippen molar-refractivity contribution < 1.29 is 4.79 Å². The molecule has 4 aromatic rings. The molecule has 3 heterocycles. The van der Waals surface area contributed by atoms with Gasteiger partial charge in [-0.05, 0) is 53.4 Å². The van der Waals surface area contributed by atoms with Gasteiger partial charge in [0.1, 0.15) is 5.82 Å². The molecule has 0 aliphatic carbocycles. The molecule has 0 atom stereocenters. The summed E-state index contributed by atoms with van der Waals surface area (Å²) in [5.74, 6) is 1.10. The predicted molar refractivity (Wildman–Crippen MR) is 114 cm³/mol. The van der Waals surface area contributed by atoms with Crippen LogP contribution in [0.5, 0.6) is 0 Å². The fourth-order valence-electron chi connectivity index (χ4n) is 4.19. The Labute approximate surface area is 169 Å². The molecule has 0 saturated carbocycles. The Morgan fingerprint density at radius 2 is 1.90 bits per heavy atom. The summed E-state index contributed by atoms with van der Waals surface area (Å²) in [6.45, 7) is 3.38. The molecule has 29 heavy (non-hydrogen) atoms. The number of aryl methyl sites for hydroxylation is 2. The lowest BCUT2D eigenvalue weighted by atomic mass is 9.97. The van der Waals surface area contributed by atoms with E-state index in [-0.39, 0.29) is 5.91 Å². The molecule has 1 amide bonds. The zero-order valence-electron chi connectivity index (χ0n) is 16.6. The minimum absolute atomic E-state index is 0.0991. The van der Waals surface area contributed by atoms with Crippen LogP contribution in [-0.2, 0) is 20.0 Å². The number of rotatable bonds is 4. The van der Waals surface area contributed by atoms with Gasteiger partial charge in [-0.25, -0.2) is 4.98 Å². The van der Waals surface area contributed by atoms with Crippen molar-refractivity contribution in [1.29, 1.82) is 0 Å². The van der Waals surface area contributed by atoms with E-state index in [1.165, 1.54) is 5.56 Å². The molecule has 0 saturated heterocycles. The van der Waals surface area contributed by atoms with E-state index in [9.17, 15) is 4.79 Å². The molecule has 0 radical (unpaired) electrons. The molecule has 0 unspecified atom stereocenters. The van der Waals surface area contributed by atoms with Crippen LogP contribution in [-0.4, -0.2) is 31.9 Å². The lowest BCUT2D eigenvalue weighted by Crippen LogP contribution is -2.27. The summed E-state index contributed by atoms with van der Waals surface area (Å²) in [6, 6.07) is 16.3. The first-order valence-corrected chi connectivity index (χ1v) is 9.85. The summed E-state index contributed by atoms with van der Waals surface area (Å²) in [7, 11) is 2.04. The molecule has 5 rings (SSSR count). The third kappa shape index (κ3) is 2.99. The summed E-state index contributed by atoms with van der Waals surface area (Å²) in [5, 5.41) is 0. The number of benzene rings is 2. The Hall–Kier alpha value is -3.47. The van der Waals surface area contributed by atoms with Gasteiger partial charge in [0.15, 0.2) is 0 Å². The SMILES string of the molecule is Cc1ccc2c(c1)nc(CCN1Cc3cccc(-c4ccncc4)c3C1=O)n2C. The molecule has 5 heteroatoms. The van der Waals surface area contributed by atoms with Crippen LogP contribution in [0.4, 0.5) is 0 Å². The van der Waals surface area contributed by atoms with Crippen LogP contribution in [0.1, 0.15) is 27.3 Å². The number of fused-ring (bicyclic) bond motifs is 2. The van der Waals surface area contributed by atoms with Crippen molar-refractivity contribution in [1.82, 2.24) is 19.4 Å². The van der Waals surface area contributed by atoms with Crippen molar-refractivity contribution in [3.63, 3.8) is 0 Å². The monoisotopic (exact) mass is 382 g/mol. The Kier molecular flexibility index (Phi) is 4.16. The van der Waals surface area contributed by atoms with E-state index >= 15 is 0 Å². The molecular formula is C24H22N4O. The lowest BCUT2D eigenvalue weighted by molar-refractivity contribution is 0.0780. The molecule has 2 aromatic heterocycles. The van der Waals surface area contributed by atoms with Crippen molar-refractivity contribution in [2.75, 3.05) is 6.54 Å². The number of hydrogen-bond acceptors (Lipinski definition) is 3. The van der Waals surface area contributed by atoms with Crippen molar-refractivity contribution in [2.24, 2.45) is 7.05 Å². The van der Waals surface area contributed by atoms with Crippen LogP contribution in [0.25, 0.3) is 22.2 Å². The van der Waals surface area contributed by atoms with Crippen molar-refractivity contribution in [3.8, 4) is 11.1 Å². The van der Waals surface area contributed by atoms with Gasteiger partial charge in [0, 0.05) is 39.0 Å². The Bertz CT molecular complexity index is 1230. The van der Waals surface area contributed by atoms with Crippen molar-refractivity contribution in [3.05, 3.63) is 83.4 Å². The fourth-order valence-corrected chi connectivity index (χ4v) is 4.19. The van der Waals surface area contributed by atoms with Gasteiger partial charge in [0.05, 0.1) is 16.6 Å². The van der Waals surface area contributed by atoms with E-state index in [1.54, 1.807) is 12.4 Å². The number of hydrogen-bond donors (Lipinski definition) is 0. The van der Waals surface area contributed by atoms with Crippen LogP contribution in [0.2, 0.25) is 0 Å². The number of carbonyl (C=O) groups is 1. The molecule has 2 aromatic carbocycles. The van der Waals surface area contributed by atoms with E-state index in [0.29, 0.717) is 13.1 Å². The zero-order valence-corrected chi connectivity index (χ0v) is 16.6. The highest BCUT2D eigenvalue weighted by Gasteiger charge is 2.30. The predicted octanol–water partition coefficient (Wildman–Crippen LogP) is 4.14. The molecule has 0 spiro atoms. The number of aromatic nitrogens is 3. The van der Waals surface area contributed by atoms with E-state index in [4.69, 9.17) is 4.98 Å². The highest BCUT2D eigenvalue weighted by molar-refractivity contribution is 6.04. The quantitative estimate of drug-likeness (QED) is 0.533. The molecule has 0 bridgehead atoms. The largest absolute Gasteiger partial charge is 0.334 e. The average molecular weight is 382 g/mol. The first-order valence-electron chi connectivity index (χ1n) is 9.85. The van der Waals surface area contributed by atoms with Gasteiger partial charge in [-0.1, -0.05) is 24.3 Å². The molecular weight excluding hydrogens is 360 g/mol. The maximum atomic E-state index is 13.2. The van der Waals surface area contributed by atoms with Gasteiger partial charge in [-0.15, -0.1) is 0 Å².